The van der Waals surface area contributed by atoms with E-state index in [1.54, 1.807) is 0 Å². The number of rotatable bonds is 7. The third-order valence-corrected chi connectivity index (χ3v) is 3.71. The van der Waals surface area contributed by atoms with Gasteiger partial charge >= 0.3 is 0 Å². The molecule has 0 bridgehead atoms. The predicted octanol–water partition coefficient (Wildman–Crippen LogP) is 2.72. The number of hydrogen-bond donors (Lipinski definition) is 2. The van der Waals surface area contributed by atoms with E-state index in [-0.39, 0.29) is 0 Å². The second-order valence-electron chi connectivity index (χ2n) is 4.09. The first-order valence-corrected chi connectivity index (χ1v) is 6.84. The van der Waals surface area contributed by atoms with Crippen LogP contribution < -0.4 is 11.3 Å². The van der Waals surface area contributed by atoms with Gasteiger partial charge in [-0.1, -0.05) is 17.7 Å². The highest BCUT2D eigenvalue weighted by molar-refractivity contribution is 7.99. The molecule has 0 aliphatic heterocycles. The molecule has 0 fully saturated rings. The van der Waals surface area contributed by atoms with E-state index in [0.717, 1.165) is 25.0 Å². The van der Waals surface area contributed by atoms with Crippen LogP contribution in [-0.2, 0) is 0 Å². The molecule has 3 heteroatoms. The smallest absolute Gasteiger partial charge is 0.0304 e. The van der Waals surface area contributed by atoms with E-state index in [9.17, 15) is 0 Å². The van der Waals surface area contributed by atoms with Crippen molar-refractivity contribution < 1.29 is 0 Å². The van der Waals surface area contributed by atoms with Crippen LogP contribution in [-0.4, -0.2) is 11.8 Å². The normalized spacial score (nSPS) is 12.1. The zero-order chi connectivity index (χ0) is 12.5. The molecule has 1 unspecified atom stereocenters. The molecule has 1 aromatic rings. The molecule has 3 N–H and O–H groups in total. The first-order valence-electron chi connectivity index (χ1n) is 5.85. The molecule has 0 heterocycles. The Morgan fingerprint density at radius 1 is 1.53 bits per heavy atom. The number of terminal acetylenes is 1. The first kappa shape index (κ1) is 14.1. The second-order valence-corrected chi connectivity index (χ2v) is 5.18. The van der Waals surface area contributed by atoms with E-state index >= 15 is 0 Å². The largest absolute Gasteiger partial charge is 0.271 e. The molecule has 1 atom stereocenters. The highest BCUT2D eigenvalue weighted by atomic mass is 32.2. The van der Waals surface area contributed by atoms with Gasteiger partial charge in [0.25, 0.3) is 0 Å². The Hall–Kier alpha value is -0.950. The van der Waals surface area contributed by atoms with Gasteiger partial charge < -0.3 is 0 Å². The van der Waals surface area contributed by atoms with E-state index in [1.165, 1.54) is 10.5 Å². The quantitative estimate of drug-likeness (QED) is 0.256. The van der Waals surface area contributed by atoms with E-state index < -0.39 is 0 Å². The molecule has 92 valence electrons. The number of aryl methyl sites for hydroxylation is 1. The second kappa shape index (κ2) is 8.19. The molecule has 1 rings (SSSR count). The van der Waals surface area contributed by atoms with Gasteiger partial charge in [-0.2, -0.15) is 0 Å². The van der Waals surface area contributed by atoms with Crippen LogP contribution in [0.15, 0.2) is 29.2 Å². The maximum atomic E-state index is 5.53. The van der Waals surface area contributed by atoms with Gasteiger partial charge in [0, 0.05) is 23.1 Å². The SMILES string of the molecule is C#CCCCC(CSc1cccc(C)c1)NN. The average molecular weight is 248 g/mol. The lowest BCUT2D eigenvalue weighted by molar-refractivity contribution is 0.524. The molecule has 1 aromatic carbocycles. The van der Waals surface area contributed by atoms with E-state index in [0.29, 0.717) is 6.04 Å². The average Bonchev–Trinajstić information content (AvgIpc) is 2.34. The van der Waals surface area contributed by atoms with Crippen molar-refractivity contribution in [2.75, 3.05) is 5.75 Å². The highest BCUT2D eigenvalue weighted by Gasteiger charge is 2.06. The molecular formula is C14H20N2S. The first-order chi connectivity index (χ1) is 8.26. The van der Waals surface area contributed by atoms with Crippen LogP contribution >= 0.6 is 11.8 Å². The Morgan fingerprint density at radius 3 is 3.00 bits per heavy atom. The molecular weight excluding hydrogens is 228 g/mol. The minimum atomic E-state index is 0.328. The fraction of sp³-hybridized carbons (Fsp3) is 0.429. The predicted molar refractivity (Wildman–Crippen MR) is 75.7 cm³/mol. The van der Waals surface area contributed by atoms with Crippen molar-refractivity contribution in [1.29, 1.82) is 0 Å². The summed E-state index contributed by atoms with van der Waals surface area (Å²) in [5, 5.41) is 0. The van der Waals surface area contributed by atoms with Crippen LogP contribution in [0.4, 0.5) is 0 Å². The Labute approximate surface area is 108 Å². The topological polar surface area (TPSA) is 38.0 Å². The number of nitrogens with two attached hydrogens (primary N) is 1. The summed E-state index contributed by atoms with van der Waals surface area (Å²) in [6.07, 6.45) is 8.11. The summed E-state index contributed by atoms with van der Waals surface area (Å²) in [6, 6.07) is 8.84. The maximum Gasteiger partial charge on any atom is 0.0304 e. The maximum absolute atomic E-state index is 5.53. The molecule has 0 amide bonds. The standard InChI is InChI=1S/C14H20N2S/c1-3-4-5-8-13(16-15)11-17-14-9-6-7-12(2)10-14/h1,6-7,9-10,13,16H,4-5,8,11,15H2,2H3. The molecule has 17 heavy (non-hydrogen) atoms. The lowest BCUT2D eigenvalue weighted by Gasteiger charge is -2.14. The van der Waals surface area contributed by atoms with E-state index in [1.807, 2.05) is 11.8 Å². The molecule has 0 spiro atoms. The Morgan fingerprint density at radius 2 is 2.35 bits per heavy atom. The van der Waals surface area contributed by atoms with Crippen molar-refractivity contribution in [2.45, 2.75) is 37.1 Å². The van der Waals surface area contributed by atoms with E-state index in [2.05, 4.69) is 42.5 Å². The van der Waals surface area contributed by atoms with Gasteiger partial charge in [0.1, 0.15) is 0 Å². The van der Waals surface area contributed by atoms with Crippen LogP contribution in [0.5, 0.6) is 0 Å². The lowest BCUT2D eigenvalue weighted by Crippen LogP contribution is -2.36. The lowest BCUT2D eigenvalue weighted by atomic mass is 10.1. The monoisotopic (exact) mass is 248 g/mol. The fourth-order valence-electron chi connectivity index (χ4n) is 1.57. The third kappa shape index (κ3) is 5.78. The zero-order valence-electron chi connectivity index (χ0n) is 10.3. The number of nitrogens with one attached hydrogen (secondary N) is 1. The van der Waals surface area contributed by atoms with Crippen molar-refractivity contribution in [1.82, 2.24) is 5.43 Å². The number of unbranched alkanes of at least 4 members (excludes halogenated alkanes) is 1. The Kier molecular flexibility index (Phi) is 6.80. The molecule has 2 nitrogen and oxygen atoms in total. The molecule has 0 aliphatic rings. The third-order valence-electron chi connectivity index (χ3n) is 2.55. The molecule has 0 radical (unpaired) electrons. The van der Waals surface area contributed by atoms with Crippen molar-refractivity contribution in [3.05, 3.63) is 29.8 Å². The molecule has 0 saturated carbocycles. The summed E-state index contributed by atoms with van der Waals surface area (Å²) < 4.78 is 0. The highest BCUT2D eigenvalue weighted by Crippen LogP contribution is 2.20. The number of hydrazine groups is 1. The van der Waals surface area contributed by atoms with E-state index in [4.69, 9.17) is 12.3 Å². The van der Waals surface area contributed by atoms with Crippen LogP contribution in [0.3, 0.4) is 0 Å². The summed E-state index contributed by atoms with van der Waals surface area (Å²) in [5.74, 6) is 9.16. The summed E-state index contributed by atoms with van der Waals surface area (Å²) in [7, 11) is 0. The van der Waals surface area contributed by atoms with Crippen molar-refractivity contribution >= 4 is 11.8 Å². The van der Waals surface area contributed by atoms with Crippen LogP contribution in [0.1, 0.15) is 24.8 Å². The molecule has 0 aliphatic carbocycles. The number of benzene rings is 1. The molecule has 0 saturated heterocycles. The van der Waals surface area contributed by atoms with Crippen LogP contribution in [0, 0.1) is 19.3 Å². The Balaban J connectivity index is 2.34. The fourth-order valence-corrected chi connectivity index (χ4v) is 2.67. The van der Waals surface area contributed by atoms with Gasteiger partial charge in [-0.15, -0.1) is 24.1 Å². The van der Waals surface area contributed by atoms with Crippen LogP contribution in [0.2, 0.25) is 0 Å². The van der Waals surface area contributed by atoms with Gasteiger partial charge in [0.15, 0.2) is 0 Å². The minimum Gasteiger partial charge on any atom is -0.271 e. The minimum absolute atomic E-state index is 0.328. The van der Waals surface area contributed by atoms with Gasteiger partial charge in [0.2, 0.25) is 0 Å². The summed E-state index contributed by atoms with van der Waals surface area (Å²) in [4.78, 5) is 1.29. The number of hydrogen-bond acceptors (Lipinski definition) is 3. The van der Waals surface area contributed by atoms with Gasteiger partial charge in [-0.05, 0) is 31.9 Å². The number of thioether (sulfide) groups is 1. The van der Waals surface area contributed by atoms with Crippen molar-refractivity contribution in [2.24, 2.45) is 5.84 Å². The van der Waals surface area contributed by atoms with Crippen LogP contribution in [0.25, 0.3) is 0 Å². The van der Waals surface area contributed by atoms with Gasteiger partial charge in [-0.3, -0.25) is 11.3 Å². The van der Waals surface area contributed by atoms with Crippen molar-refractivity contribution in [3.8, 4) is 12.3 Å². The molecule has 0 aromatic heterocycles. The Bertz CT molecular complexity index is 371. The summed E-state index contributed by atoms with van der Waals surface area (Å²) in [6.45, 7) is 2.11. The zero-order valence-corrected chi connectivity index (χ0v) is 11.1. The van der Waals surface area contributed by atoms with Gasteiger partial charge in [0.05, 0.1) is 0 Å². The van der Waals surface area contributed by atoms with Gasteiger partial charge in [-0.25, -0.2) is 0 Å². The summed E-state index contributed by atoms with van der Waals surface area (Å²) in [5.41, 5.74) is 4.15. The summed E-state index contributed by atoms with van der Waals surface area (Å²) >= 11 is 1.83. The van der Waals surface area contributed by atoms with Crippen molar-refractivity contribution in [3.63, 3.8) is 0 Å².